The van der Waals surface area contributed by atoms with E-state index < -0.39 is 0 Å². The van der Waals surface area contributed by atoms with E-state index in [1.807, 2.05) is 0 Å². The zero-order valence-corrected chi connectivity index (χ0v) is 11.5. The summed E-state index contributed by atoms with van der Waals surface area (Å²) in [6.45, 7) is 0.873. The molecule has 0 N–H and O–H groups in total. The van der Waals surface area contributed by atoms with Crippen LogP contribution in [-0.2, 0) is 11.2 Å². The van der Waals surface area contributed by atoms with Gasteiger partial charge in [0.15, 0.2) is 0 Å². The van der Waals surface area contributed by atoms with Gasteiger partial charge < -0.3 is 4.74 Å². The van der Waals surface area contributed by atoms with E-state index in [9.17, 15) is 0 Å². The zero-order valence-electron chi connectivity index (χ0n) is 9.94. The third-order valence-electron chi connectivity index (χ3n) is 4.01. The lowest BCUT2D eigenvalue weighted by Crippen LogP contribution is -2.46. The fourth-order valence-corrected chi connectivity index (χ4v) is 3.26. The largest absolute Gasteiger partial charge is 0.375 e. The maximum atomic E-state index is 5.94. The summed E-state index contributed by atoms with van der Waals surface area (Å²) in [6.07, 6.45) is 9.01. The van der Waals surface area contributed by atoms with Crippen LogP contribution in [0.1, 0.15) is 43.8 Å². The standard InChI is InChI=1S/C12H18BrN3O/c13-6-2-10-9-16(15-14-10)11-3-7-17-12(8-11)4-1-5-12/h9,11H,1-8H2. The molecule has 2 fully saturated rings. The number of aryl methyl sites for hydroxylation is 1. The highest BCUT2D eigenvalue weighted by Crippen LogP contribution is 2.45. The molecule has 17 heavy (non-hydrogen) atoms. The van der Waals surface area contributed by atoms with Crippen molar-refractivity contribution in [2.45, 2.75) is 50.2 Å². The molecule has 1 saturated heterocycles. The minimum atomic E-state index is 0.185. The van der Waals surface area contributed by atoms with Gasteiger partial charge in [0.1, 0.15) is 0 Å². The Kier molecular flexibility index (Phi) is 3.21. The highest BCUT2D eigenvalue weighted by atomic mass is 79.9. The Morgan fingerprint density at radius 1 is 1.53 bits per heavy atom. The summed E-state index contributed by atoms with van der Waals surface area (Å²) in [5, 5.41) is 9.44. The number of ether oxygens (including phenoxy) is 1. The molecule has 0 aromatic carbocycles. The normalized spacial score (nSPS) is 27.0. The van der Waals surface area contributed by atoms with Crippen molar-refractivity contribution in [1.82, 2.24) is 15.0 Å². The van der Waals surface area contributed by atoms with Crippen LogP contribution >= 0.6 is 15.9 Å². The molecule has 0 amide bonds. The van der Waals surface area contributed by atoms with Gasteiger partial charge in [0, 0.05) is 24.6 Å². The minimum Gasteiger partial charge on any atom is -0.375 e. The number of hydrogen-bond acceptors (Lipinski definition) is 3. The molecule has 4 nitrogen and oxygen atoms in total. The fourth-order valence-electron chi connectivity index (χ4n) is 2.85. The van der Waals surface area contributed by atoms with Crippen molar-refractivity contribution in [3.8, 4) is 0 Å². The Labute approximate surface area is 110 Å². The van der Waals surface area contributed by atoms with E-state index >= 15 is 0 Å². The van der Waals surface area contributed by atoms with Crippen LogP contribution in [0.2, 0.25) is 0 Å². The molecule has 1 aliphatic carbocycles. The van der Waals surface area contributed by atoms with Crippen molar-refractivity contribution in [2.75, 3.05) is 11.9 Å². The second kappa shape index (κ2) is 4.69. The van der Waals surface area contributed by atoms with Gasteiger partial charge in [-0.15, -0.1) is 5.10 Å². The van der Waals surface area contributed by atoms with Crippen LogP contribution in [0.5, 0.6) is 0 Å². The maximum absolute atomic E-state index is 5.94. The first-order chi connectivity index (χ1) is 8.31. The Bertz CT molecular complexity index is 389. The monoisotopic (exact) mass is 299 g/mol. The van der Waals surface area contributed by atoms with E-state index in [1.54, 1.807) is 0 Å². The van der Waals surface area contributed by atoms with Crippen LogP contribution in [0.25, 0.3) is 0 Å². The van der Waals surface area contributed by atoms with Crippen molar-refractivity contribution in [3.63, 3.8) is 0 Å². The molecule has 1 spiro atoms. The fraction of sp³-hybridized carbons (Fsp3) is 0.833. The molecular formula is C12H18BrN3O. The van der Waals surface area contributed by atoms with Gasteiger partial charge in [-0.1, -0.05) is 21.1 Å². The van der Waals surface area contributed by atoms with Gasteiger partial charge in [-0.05, 0) is 32.1 Å². The number of halogens is 1. The zero-order chi connectivity index (χ0) is 11.7. The van der Waals surface area contributed by atoms with Crippen LogP contribution in [0.4, 0.5) is 0 Å². The summed E-state index contributed by atoms with van der Waals surface area (Å²) in [4.78, 5) is 0. The van der Waals surface area contributed by atoms with Gasteiger partial charge in [-0.3, -0.25) is 0 Å². The number of alkyl halides is 1. The van der Waals surface area contributed by atoms with Gasteiger partial charge >= 0.3 is 0 Å². The summed E-state index contributed by atoms with van der Waals surface area (Å²) < 4.78 is 7.99. The molecule has 5 heteroatoms. The molecule has 1 unspecified atom stereocenters. The lowest BCUT2D eigenvalue weighted by atomic mass is 9.74. The molecule has 2 heterocycles. The third kappa shape index (κ3) is 2.27. The Hall–Kier alpha value is -0.420. The molecule has 94 valence electrons. The topological polar surface area (TPSA) is 39.9 Å². The lowest BCUT2D eigenvalue weighted by Gasteiger charge is -2.47. The molecular weight excluding hydrogens is 282 g/mol. The molecule has 3 rings (SSSR count). The Morgan fingerprint density at radius 3 is 3.12 bits per heavy atom. The summed E-state index contributed by atoms with van der Waals surface area (Å²) in [5.41, 5.74) is 1.26. The molecule has 1 saturated carbocycles. The molecule has 1 aliphatic heterocycles. The average molecular weight is 300 g/mol. The summed E-state index contributed by atoms with van der Waals surface area (Å²) in [5.74, 6) is 0. The number of aromatic nitrogens is 3. The predicted molar refractivity (Wildman–Crippen MR) is 68.3 cm³/mol. The van der Waals surface area contributed by atoms with Gasteiger partial charge in [-0.25, -0.2) is 4.68 Å². The van der Waals surface area contributed by atoms with E-state index in [0.717, 1.165) is 36.9 Å². The van der Waals surface area contributed by atoms with Crippen LogP contribution in [0, 0.1) is 0 Å². The van der Waals surface area contributed by atoms with Gasteiger partial charge in [-0.2, -0.15) is 0 Å². The smallest absolute Gasteiger partial charge is 0.0835 e. The van der Waals surface area contributed by atoms with E-state index in [-0.39, 0.29) is 5.60 Å². The quantitative estimate of drug-likeness (QED) is 0.805. The SMILES string of the molecule is BrCCc1cn(C2CCOC3(CCC3)C2)nn1. The van der Waals surface area contributed by atoms with Crippen LogP contribution in [-0.4, -0.2) is 32.5 Å². The van der Waals surface area contributed by atoms with E-state index in [4.69, 9.17) is 4.74 Å². The molecule has 1 aromatic heterocycles. The highest BCUT2D eigenvalue weighted by molar-refractivity contribution is 9.09. The summed E-state index contributed by atoms with van der Waals surface area (Å²) >= 11 is 3.43. The van der Waals surface area contributed by atoms with Crippen molar-refractivity contribution < 1.29 is 4.74 Å². The molecule has 1 aromatic rings. The Morgan fingerprint density at radius 2 is 2.41 bits per heavy atom. The maximum Gasteiger partial charge on any atom is 0.0835 e. The first-order valence-corrected chi connectivity index (χ1v) is 7.54. The number of nitrogens with zero attached hydrogens (tertiary/aromatic N) is 3. The van der Waals surface area contributed by atoms with Gasteiger partial charge in [0.2, 0.25) is 0 Å². The van der Waals surface area contributed by atoms with Crippen molar-refractivity contribution >= 4 is 15.9 Å². The minimum absolute atomic E-state index is 0.185. The summed E-state index contributed by atoms with van der Waals surface area (Å²) in [6, 6.07) is 0.487. The number of hydrogen-bond donors (Lipinski definition) is 0. The molecule has 0 radical (unpaired) electrons. The second-order valence-corrected chi connectivity index (χ2v) is 5.95. The second-order valence-electron chi connectivity index (χ2n) is 5.16. The van der Waals surface area contributed by atoms with Gasteiger partial charge in [0.25, 0.3) is 0 Å². The summed E-state index contributed by atoms with van der Waals surface area (Å²) in [7, 11) is 0. The number of rotatable bonds is 3. The first kappa shape index (κ1) is 11.7. The highest BCUT2D eigenvalue weighted by Gasteiger charge is 2.43. The Balaban J connectivity index is 1.69. The van der Waals surface area contributed by atoms with Crippen LogP contribution in [0.3, 0.4) is 0 Å². The van der Waals surface area contributed by atoms with Crippen LogP contribution < -0.4 is 0 Å². The van der Waals surface area contributed by atoms with E-state index in [2.05, 4.69) is 37.1 Å². The lowest BCUT2D eigenvalue weighted by molar-refractivity contribution is -0.141. The molecule has 1 atom stereocenters. The first-order valence-electron chi connectivity index (χ1n) is 6.42. The van der Waals surface area contributed by atoms with Crippen molar-refractivity contribution in [1.29, 1.82) is 0 Å². The van der Waals surface area contributed by atoms with Crippen molar-refractivity contribution in [3.05, 3.63) is 11.9 Å². The van der Waals surface area contributed by atoms with E-state index in [1.165, 1.54) is 19.3 Å². The van der Waals surface area contributed by atoms with Gasteiger partial charge in [0.05, 0.1) is 17.3 Å². The predicted octanol–water partition coefficient (Wildman–Crippen LogP) is 2.49. The van der Waals surface area contributed by atoms with E-state index in [0.29, 0.717) is 6.04 Å². The van der Waals surface area contributed by atoms with Crippen molar-refractivity contribution in [2.24, 2.45) is 0 Å². The molecule has 2 aliphatic rings. The molecule has 0 bridgehead atoms. The van der Waals surface area contributed by atoms with Crippen LogP contribution in [0.15, 0.2) is 6.20 Å². The third-order valence-corrected chi connectivity index (χ3v) is 4.41. The average Bonchev–Trinajstić information content (AvgIpc) is 2.76.